The first-order chi connectivity index (χ1) is 10.1. The molecule has 0 fully saturated rings. The Bertz CT molecular complexity index is 616. The summed E-state index contributed by atoms with van der Waals surface area (Å²) >= 11 is 0.950. The summed E-state index contributed by atoms with van der Waals surface area (Å²) in [6, 6.07) is 8.12. The summed E-state index contributed by atoms with van der Waals surface area (Å²) in [6.07, 6.45) is 1.01. The van der Waals surface area contributed by atoms with E-state index in [4.69, 9.17) is 0 Å². The van der Waals surface area contributed by atoms with Crippen LogP contribution in [0.4, 0.5) is 13.2 Å². The van der Waals surface area contributed by atoms with E-state index in [-0.39, 0.29) is 4.90 Å². The van der Waals surface area contributed by atoms with Crippen LogP contribution in [0.25, 0.3) is 0 Å². The molecule has 2 aromatic rings. The molecule has 0 aromatic heterocycles. The second kappa shape index (κ2) is 7.52. The van der Waals surface area contributed by atoms with Crippen LogP contribution in [-0.4, -0.2) is 6.54 Å². The van der Waals surface area contributed by atoms with E-state index in [0.29, 0.717) is 11.4 Å². The molecule has 0 saturated carbocycles. The van der Waals surface area contributed by atoms with E-state index in [0.717, 1.165) is 42.4 Å². The zero-order chi connectivity index (χ0) is 15.2. The van der Waals surface area contributed by atoms with Gasteiger partial charge in [-0.05, 0) is 42.8 Å². The van der Waals surface area contributed by atoms with Crippen LogP contribution in [0.1, 0.15) is 18.9 Å². The molecule has 0 atom stereocenters. The number of hydrogen-bond donors (Lipinski definition) is 1. The number of nitrogens with one attached hydrogen (secondary N) is 1. The van der Waals surface area contributed by atoms with Crippen LogP contribution in [0.15, 0.2) is 46.2 Å². The van der Waals surface area contributed by atoms with Crippen molar-refractivity contribution in [2.75, 3.05) is 6.54 Å². The van der Waals surface area contributed by atoms with Crippen molar-refractivity contribution < 1.29 is 13.2 Å². The lowest BCUT2D eigenvalue weighted by atomic mass is 10.2. The Hall–Kier alpha value is -1.46. The van der Waals surface area contributed by atoms with Crippen molar-refractivity contribution in [3.63, 3.8) is 0 Å². The van der Waals surface area contributed by atoms with Crippen molar-refractivity contribution in [3.05, 3.63) is 59.4 Å². The fraction of sp³-hybridized carbons (Fsp3) is 0.250. The SMILES string of the molecule is CCCNCc1ccc(Sc2ccc(F)cc2F)c(F)c1. The molecular weight excluding hydrogens is 295 g/mol. The Morgan fingerprint density at radius 3 is 2.24 bits per heavy atom. The van der Waals surface area contributed by atoms with E-state index in [2.05, 4.69) is 12.2 Å². The van der Waals surface area contributed by atoms with Crippen LogP contribution in [-0.2, 0) is 6.54 Å². The first-order valence-corrected chi connectivity index (χ1v) is 7.54. The third-order valence-electron chi connectivity index (χ3n) is 2.87. The molecule has 5 heteroatoms. The Morgan fingerprint density at radius 1 is 0.952 bits per heavy atom. The maximum atomic E-state index is 14.0. The summed E-state index contributed by atoms with van der Waals surface area (Å²) in [6.45, 7) is 3.53. The first-order valence-electron chi connectivity index (χ1n) is 6.72. The molecule has 1 N–H and O–H groups in total. The lowest BCUT2D eigenvalue weighted by molar-refractivity contribution is 0.565. The number of benzene rings is 2. The zero-order valence-electron chi connectivity index (χ0n) is 11.6. The predicted molar refractivity (Wildman–Crippen MR) is 78.9 cm³/mol. The van der Waals surface area contributed by atoms with Crippen LogP contribution < -0.4 is 5.32 Å². The van der Waals surface area contributed by atoms with Crippen molar-refractivity contribution in [2.45, 2.75) is 29.7 Å². The molecule has 0 unspecified atom stereocenters. The molecule has 0 saturated heterocycles. The zero-order valence-corrected chi connectivity index (χ0v) is 12.4. The van der Waals surface area contributed by atoms with Crippen molar-refractivity contribution in [1.82, 2.24) is 5.32 Å². The summed E-state index contributed by atoms with van der Waals surface area (Å²) in [4.78, 5) is 0.520. The number of rotatable bonds is 6. The lowest BCUT2D eigenvalue weighted by Gasteiger charge is -2.08. The Balaban J connectivity index is 2.10. The molecule has 0 radical (unpaired) electrons. The summed E-state index contributed by atoms with van der Waals surface area (Å²) < 4.78 is 40.4. The van der Waals surface area contributed by atoms with Crippen LogP contribution in [0.5, 0.6) is 0 Å². The molecule has 112 valence electrons. The molecule has 0 bridgehead atoms. The highest BCUT2D eigenvalue weighted by molar-refractivity contribution is 7.99. The van der Waals surface area contributed by atoms with Gasteiger partial charge in [-0.1, -0.05) is 24.8 Å². The van der Waals surface area contributed by atoms with Crippen LogP contribution in [0.3, 0.4) is 0 Å². The average molecular weight is 311 g/mol. The van der Waals surface area contributed by atoms with E-state index in [9.17, 15) is 13.2 Å². The smallest absolute Gasteiger partial charge is 0.140 e. The van der Waals surface area contributed by atoms with E-state index in [1.807, 2.05) is 0 Å². The van der Waals surface area contributed by atoms with Gasteiger partial charge in [-0.2, -0.15) is 0 Å². The molecule has 0 spiro atoms. The summed E-state index contributed by atoms with van der Waals surface area (Å²) in [5.74, 6) is -1.73. The first kappa shape index (κ1) is 15.9. The number of halogens is 3. The Kier molecular flexibility index (Phi) is 5.70. The van der Waals surface area contributed by atoms with Gasteiger partial charge in [0.1, 0.15) is 17.5 Å². The fourth-order valence-electron chi connectivity index (χ4n) is 1.82. The summed E-state index contributed by atoms with van der Waals surface area (Å²) in [5.41, 5.74) is 0.838. The van der Waals surface area contributed by atoms with Gasteiger partial charge < -0.3 is 5.32 Å². The van der Waals surface area contributed by atoms with E-state index in [1.54, 1.807) is 12.1 Å². The van der Waals surface area contributed by atoms with Gasteiger partial charge in [0.25, 0.3) is 0 Å². The highest BCUT2D eigenvalue weighted by atomic mass is 32.2. The molecular formula is C16H16F3NS. The van der Waals surface area contributed by atoms with Gasteiger partial charge in [0, 0.05) is 22.4 Å². The van der Waals surface area contributed by atoms with E-state index >= 15 is 0 Å². The van der Waals surface area contributed by atoms with Crippen LogP contribution in [0, 0.1) is 17.5 Å². The quantitative estimate of drug-likeness (QED) is 0.772. The van der Waals surface area contributed by atoms with Gasteiger partial charge in [0.05, 0.1) is 0 Å². The third kappa shape index (κ3) is 4.51. The van der Waals surface area contributed by atoms with E-state index in [1.165, 1.54) is 12.1 Å². The molecule has 0 amide bonds. The highest BCUT2D eigenvalue weighted by Crippen LogP contribution is 2.32. The molecule has 0 aliphatic carbocycles. The predicted octanol–water partition coefficient (Wildman–Crippen LogP) is 4.75. The normalized spacial score (nSPS) is 10.9. The molecule has 21 heavy (non-hydrogen) atoms. The van der Waals surface area contributed by atoms with Gasteiger partial charge in [-0.15, -0.1) is 0 Å². The fourth-order valence-corrected chi connectivity index (χ4v) is 2.64. The Morgan fingerprint density at radius 2 is 1.62 bits per heavy atom. The molecule has 2 aromatic carbocycles. The summed E-state index contributed by atoms with van der Waals surface area (Å²) in [7, 11) is 0. The second-order valence-electron chi connectivity index (χ2n) is 4.62. The van der Waals surface area contributed by atoms with Gasteiger partial charge in [0.15, 0.2) is 0 Å². The molecule has 0 aliphatic rings. The minimum absolute atomic E-state index is 0.201. The molecule has 0 heterocycles. The van der Waals surface area contributed by atoms with Gasteiger partial charge in [-0.25, -0.2) is 13.2 Å². The van der Waals surface area contributed by atoms with Crippen LogP contribution >= 0.6 is 11.8 Å². The van der Waals surface area contributed by atoms with Crippen molar-refractivity contribution >= 4 is 11.8 Å². The van der Waals surface area contributed by atoms with Crippen molar-refractivity contribution in [3.8, 4) is 0 Å². The lowest BCUT2D eigenvalue weighted by Crippen LogP contribution is -2.13. The van der Waals surface area contributed by atoms with Gasteiger partial charge >= 0.3 is 0 Å². The van der Waals surface area contributed by atoms with Crippen molar-refractivity contribution in [1.29, 1.82) is 0 Å². The standard InChI is InChI=1S/C16H16F3NS/c1-2-7-20-10-11-3-5-15(13(18)8-11)21-16-6-4-12(17)9-14(16)19/h3-6,8-9,20H,2,7,10H2,1H3. The van der Waals surface area contributed by atoms with Gasteiger partial charge in [-0.3, -0.25) is 0 Å². The monoisotopic (exact) mass is 311 g/mol. The van der Waals surface area contributed by atoms with Crippen LogP contribution in [0.2, 0.25) is 0 Å². The maximum Gasteiger partial charge on any atom is 0.140 e. The topological polar surface area (TPSA) is 12.0 Å². The minimum atomic E-state index is -0.687. The highest BCUT2D eigenvalue weighted by Gasteiger charge is 2.10. The minimum Gasteiger partial charge on any atom is -0.313 e. The number of hydrogen-bond acceptors (Lipinski definition) is 2. The van der Waals surface area contributed by atoms with Crippen molar-refractivity contribution in [2.24, 2.45) is 0 Å². The molecule has 1 nitrogen and oxygen atoms in total. The molecule has 0 aliphatic heterocycles. The average Bonchev–Trinajstić information content (AvgIpc) is 2.44. The summed E-state index contributed by atoms with van der Waals surface area (Å²) in [5, 5.41) is 3.19. The van der Waals surface area contributed by atoms with E-state index < -0.39 is 17.5 Å². The molecule has 2 rings (SSSR count). The van der Waals surface area contributed by atoms with Gasteiger partial charge in [0.2, 0.25) is 0 Å². The second-order valence-corrected chi connectivity index (χ2v) is 5.70. The largest absolute Gasteiger partial charge is 0.313 e. The maximum absolute atomic E-state index is 14.0. The third-order valence-corrected chi connectivity index (χ3v) is 3.97. The Labute approximate surface area is 126 Å².